The zero-order valence-corrected chi connectivity index (χ0v) is 24.4. The standard InChI is InChI=1S/C25H37N3O5Si2/c1-24(2,3)34(7,8)32-22-16-13-19(27-26-18-11-14-20(15-12-18)28(30)31)17-21(22)23(29)33-35(9,10)25(4,5)6/h11-17H,1-10H3. The highest BCUT2D eigenvalue weighted by atomic mass is 28.4. The molecule has 10 heteroatoms. The van der Waals surface area contributed by atoms with Crippen LogP contribution in [-0.4, -0.2) is 27.5 Å². The Kier molecular flexibility index (Phi) is 8.13. The third-order valence-corrected chi connectivity index (χ3v) is 15.5. The SMILES string of the molecule is CC(C)(C)[Si](C)(C)OC(=O)c1cc(N=Nc2ccc([N+](=O)[O-])cc2)ccc1O[Si](C)(C)C(C)(C)C. The van der Waals surface area contributed by atoms with Gasteiger partial charge in [-0.25, -0.2) is 4.79 Å². The van der Waals surface area contributed by atoms with E-state index < -0.39 is 27.5 Å². The van der Waals surface area contributed by atoms with E-state index in [1.807, 2.05) is 13.1 Å². The fourth-order valence-electron chi connectivity index (χ4n) is 2.45. The summed E-state index contributed by atoms with van der Waals surface area (Å²) in [5.74, 6) is 0.0484. The molecule has 0 atom stereocenters. The molecule has 0 fully saturated rings. The molecule has 0 aromatic heterocycles. The van der Waals surface area contributed by atoms with Gasteiger partial charge in [-0.2, -0.15) is 10.2 Å². The highest BCUT2D eigenvalue weighted by Crippen LogP contribution is 2.41. The molecule has 0 saturated carbocycles. The third-order valence-electron chi connectivity index (χ3n) is 6.85. The molecule has 0 aliphatic rings. The Hall–Kier alpha value is -2.86. The summed E-state index contributed by atoms with van der Waals surface area (Å²) in [6.07, 6.45) is 0. The van der Waals surface area contributed by atoms with Crippen LogP contribution in [0, 0.1) is 10.1 Å². The zero-order chi connectivity index (χ0) is 26.8. The molecule has 0 aliphatic carbocycles. The Balaban J connectivity index is 2.46. The van der Waals surface area contributed by atoms with Gasteiger partial charge in [0.15, 0.2) is 0 Å². The van der Waals surface area contributed by atoms with Gasteiger partial charge >= 0.3 is 5.97 Å². The van der Waals surface area contributed by atoms with Gasteiger partial charge in [-0.1, -0.05) is 41.5 Å². The van der Waals surface area contributed by atoms with Crippen molar-refractivity contribution in [1.82, 2.24) is 0 Å². The highest BCUT2D eigenvalue weighted by Gasteiger charge is 2.42. The van der Waals surface area contributed by atoms with E-state index in [0.29, 0.717) is 22.7 Å². The van der Waals surface area contributed by atoms with Crippen molar-refractivity contribution in [2.24, 2.45) is 10.2 Å². The van der Waals surface area contributed by atoms with Crippen LogP contribution in [0.3, 0.4) is 0 Å². The first-order chi connectivity index (χ1) is 15.8. The summed E-state index contributed by atoms with van der Waals surface area (Å²) in [5, 5.41) is 19.1. The first kappa shape index (κ1) is 28.4. The normalized spacial score (nSPS) is 13.1. The van der Waals surface area contributed by atoms with Crippen molar-refractivity contribution < 1.29 is 18.6 Å². The Bertz CT molecular complexity index is 1120. The van der Waals surface area contributed by atoms with Crippen LogP contribution in [-0.2, 0) is 4.43 Å². The molecule has 8 nitrogen and oxygen atoms in total. The molecule has 0 unspecified atom stereocenters. The average Bonchev–Trinajstić information content (AvgIpc) is 2.71. The molecule has 2 aromatic rings. The van der Waals surface area contributed by atoms with Gasteiger partial charge in [-0.3, -0.25) is 10.1 Å². The summed E-state index contributed by atoms with van der Waals surface area (Å²) in [7, 11) is -4.60. The van der Waals surface area contributed by atoms with Crippen LogP contribution in [0.15, 0.2) is 52.7 Å². The van der Waals surface area contributed by atoms with Crippen LogP contribution >= 0.6 is 0 Å². The molecular weight excluding hydrogens is 478 g/mol. The minimum Gasteiger partial charge on any atom is -0.543 e. The number of nitro groups is 1. The zero-order valence-electron chi connectivity index (χ0n) is 22.4. The first-order valence-corrected chi connectivity index (χ1v) is 17.4. The lowest BCUT2D eigenvalue weighted by atomic mass is 10.2. The Morgan fingerprint density at radius 1 is 0.829 bits per heavy atom. The molecule has 0 amide bonds. The van der Waals surface area contributed by atoms with Gasteiger partial charge in [0.05, 0.1) is 16.3 Å². The van der Waals surface area contributed by atoms with E-state index >= 15 is 0 Å². The van der Waals surface area contributed by atoms with Crippen LogP contribution in [0.2, 0.25) is 36.3 Å². The predicted molar refractivity (Wildman–Crippen MR) is 144 cm³/mol. The summed E-state index contributed by atoms with van der Waals surface area (Å²) in [5.41, 5.74) is 1.21. The third kappa shape index (κ3) is 7.08. The van der Waals surface area contributed by atoms with Crippen LogP contribution in [0.1, 0.15) is 51.9 Å². The molecule has 2 aromatic carbocycles. The average molecular weight is 516 g/mol. The largest absolute Gasteiger partial charge is 0.543 e. The van der Waals surface area contributed by atoms with Crippen molar-refractivity contribution in [3.05, 3.63) is 58.1 Å². The molecule has 0 heterocycles. The Morgan fingerprint density at radius 3 is 1.80 bits per heavy atom. The van der Waals surface area contributed by atoms with Gasteiger partial charge in [0, 0.05) is 12.1 Å². The number of nitrogens with zero attached hydrogens (tertiary/aromatic N) is 3. The van der Waals surface area contributed by atoms with Gasteiger partial charge in [-0.05, 0) is 66.6 Å². The van der Waals surface area contributed by atoms with E-state index in [2.05, 4.69) is 64.9 Å². The monoisotopic (exact) mass is 515 g/mol. The van der Waals surface area contributed by atoms with E-state index in [-0.39, 0.29) is 15.8 Å². The van der Waals surface area contributed by atoms with Crippen molar-refractivity contribution in [3.63, 3.8) is 0 Å². The van der Waals surface area contributed by atoms with E-state index in [4.69, 9.17) is 8.85 Å². The van der Waals surface area contributed by atoms with E-state index in [9.17, 15) is 14.9 Å². The van der Waals surface area contributed by atoms with Crippen molar-refractivity contribution in [2.45, 2.75) is 77.8 Å². The molecule has 0 bridgehead atoms. The molecule has 0 aliphatic heterocycles. The van der Waals surface area contributed by atoms with Gasteiger partial charge in [0.1, 0.15) is 11.3 Å². The first-order valence-electron chi connectivity index (χ1n) is 11.6. The number of hydrogen-bond acceptors (Lipinski definition) is 7. The second kappa shape index (κ2) is 10.0. The highest BCUT2D eigenvalue weighted by molar-refractivity contribution is 6.76. The van der Waals surface area contributed by atoms with Gasteiger partial charge in [0.2, 0.25) is 0 Å². The van der Waals surface area contributed by atoms with E-state index in [1.54, 1.807) is 18.2 Å². The summed E-state index contributed by atoms with van der Waals surface area (Å²) >= 11 is 0. The second-order valence-corrected chi connectivity index (χ2v) is 21.1. The predicted octanol–water partition coefficient (Wildman–Crippen LogP) is 8.56. The lowest BCUT2D eigenvalue weighted by Crippen LogP contribution is -2.45. The minimum absolute atomic E-state index is 0.0215. The van der Waals surface area contributed by atoms with Gasteiger partial charge < -0.3 is 8.85 Å². The number of benzene rings is 2. The molecular formula is C25H37N3O5Si2. The smallest absolute Gasteiger partial charge is 0.328 e. The Morgan fingerprint density at radius 2 is 1.31 bits per heavy atom. The lowest BCUT2D eigenvalue weighted by Gasteiger charge is -2.38. The van der Waals surface area contributed by atoms with Crippen molar-refractivity contribution in [2.75, 3.05) is 0 Å². The van der Waals surface area contributed by atoms with Crippen LogP contribution in [0.25, 0.3) is 0 Å². The fraction of sp³-hybridized carbons (Fsp3) is 0.480. The maximum absolute atomic E-state index is 13.4. The number of rotatable bonds is 7. The number of carbonyl (C=O) groups is 1. The second-order valence-electron chi connectivity index (χ2n) is 11.7. The Labute approximate surface area is 210 Å². The minimum atomic E-state index is -2.38. The molecule has 0 saturated heterocycles. The summed E-state index contributed by atoms with van der Waals surface area (Å²) in [6, 6.07) is 10.9. The number of carbonyl (C=O) groups excluding carboxylic acids is 1. The molecule has 190 valence electrons. The van der Waals surface area contributed by atoms with Crippen molar-refractivity contribution >= 4 is 39.7 Å². The number of hydrogen-bond donors (Lipinski definition) is 0. The number of nitro benzene ring substituents is 1. The van der Waals surface area contributed by atoms with Crippen LogP contribution in [0.4, 0.5) is 17.1 Å². The van der Waals surface area contributed by atoms with Crippen LogP contribution in [0.5, 0.6) is 5.75 Å². The lowest BCUT2D eigenvalue weighted by molar-refractivity contribution is -0.384. The van der Waals surface area contributed by atoms with Crippen LogP contribution < -0.4 is 4.43 Å². The topological polar surface area (TPSA) is 103 Å². The van der Waals surface area contributed by atoms with Crippen molar-refractivity contribution in [1.29, 1.82) is 0 Å². The molecule has 0 spiro atoms. The van der Waals surface area contributed by atoms with Crippen molar-refractivity contribution in [3.8, 4) is 5.75 Å². The summed E-state index contributed by atoms with van der Waals surface area (Å²) in [4.78, 5) is 23.8. The maximum Gasteiger partial charge on any atom is 0.328 e. The van der Waals surface area contributed by atoms with E-state index in [1.165, 1.54) is 24.3 Å². The summed E-state index contributed by atoms with van der Waals surface area (Å²) < 4.78 is 12.6. The maximum atomic E-state index is 13.4. The molecule has 2 rings (SSSR count). The fourth-order valence-corrected chi connectivity index (χ4v) is 4.37. The quantitative estimate of drug-likeness (QED) is 0.159. The molecule has 35 heavy (non-hydrogen) atoms. The molecule has 0 N–H and O–H groups in total. The number of non-ortho nitro benzene ring substituents is 1. The number of azo groups is 1. The van der Waals surface area contributed by atoms with Gasteiger partial charge in [0.25, 0.3) is 22.3 Å². The summed E-state index contributed by atoms with van der Waals surface area (Å²) in [6.45, 7) is 20.9. The molecule has 0 radical (unpaired) electrons. The van der Waals surface area contributed by atoms with Gasteiger partial charge in [-0.15, -0.1) is 0 Å². The van der Waals surface area contributed by atoms with E-state index in [0.717, 1.165) is 0 Å².